The monoisotopic (exact) mass is 317 g/mol. The molecule has 0 amide bonds. The van der Waals surface area contributed by atoms with Crippen molar-refractivity contribution in [2.45, 2.75) is 27.7 Å². The summed E-state index contributed by atoms with van der Waals surface area (Å²) in [5, 5.41) is 4.50. The predicted molar refractivity (Wildman–Crippen MR) is 95.4 cm³/mol. The standard InChI is InChI=1S/C19H19N5/c1-11-8-16-17(9-12(11)2)22-19(21-16)15-6-5-7-18(20-15)24-14(4)10-13(3)23-24/h5-10H,1-4H3,(H,21,22). The third-order valence-electron chi connectivity index (χ3n) is 4.30. The van der Waals surface area contributed by atoms with Crippen molar-refractivity contribution in [2.75, 3.05) is 0 Å². The van der Waals surface area contributed by atoms with Crippen molar-refractivity contribution in [3.8, 4) is 17.3 Å². The summed E-state index contributed by atoms with van der Waals surface area (Å²) < 4.78 is 1.86. The summed E-state index contributed by atoms with van der Waals surface area (Å²) >= 11 is 0. The van der Waals surface area contributed by atoms with Gasteiger partial charge in [-0.25, -0.2) is 14.6 Å². The van der Waals surface area contributed by atoms with Gasteiger partial charge in [0.15, 0.2) is 11.6 Å². The molecule has 0 aliphatic rings. The second-order valence-electron chi connectivity index (χ2n) is 6.26. The van der Waals surface area contributed by atoms with Gasteiger partial charge in [0, 0.05) is 5.69 Å². The number of rotatable bonds is 2. The van der Waals surface area contributed by atoms with Crippen molar-refractivity contribution < 1.29 is 0 Å². The predicted octanol–water partition coefficient (Wildman–Crippen LogP) is 4.04. The average molecular weight is 317 g/mol. The first-order chi connectivity index (χ1) is 11.5. The molecule has 0 bridgehead atoms. The molecule has 5 heteroatoms. The third-order valence-corrected chi connectivity index (χ3v) is 4.30. The first kappa shape index (κ1) is 14.6. The lowest BCUT2D eigenvalue weighted by Gasteiger charge is -2.04. The summed E-state index contributed by atoms with van der Waals surface area (Å²) in [5.41, 5.74) is 7.35. The number of H-pyrrole nitrogens is 1. The van der Waals surface area contributed by atoms with Crippen LogP contribution in [-0.2, 0) is 0 Å². The Morgan fingerprint density at radius 1 is 0.917 bits per heavy atom. The van der Waals surface area contributed by atoms with Crippen LogP contribution in [0.2, 0.25) is 0 Å². The van der Waals surface area contributed by atoms with E-state index in [0.29, 0.717) is 0 Å². The van der Waals surface area contributed by atoms with Crippen molar-refractivity contribution >= 4 is 11.0 Å². The smallest absolute Gasteiger partial charge is 0.157 e. The maximum absolute atomic E-state index is 4.73. The third kappa shape index (κ3) is 2.38. The first-order valence-electron chi connectivity index (χ1n) is 7.99. The second kappa shape index (κ2) is 5.30. The fourth-order valence-electron chi connectivity index (χ4n) is 2.92. The van der Waals surface area contributed by atoms with Gasteiger partial charge in [-0.2, -0.15) is 5.10 Å². The van der Waals surface area contributed by atoms with Gasteiger partial charge in [0.25, 0.3) is 0 Å². The Labute approximate surface area is 140 Å². The lowest BCUT2D eigenvalue weighted by atomic mass is 10.1. The summed E-state index contributed by atoms with van der Waals surface area (Å²) in [7, 11) is 0. The molecule has 0 saturated heterocycles. The van der Waals surface area contributed by atoms with Crippen LogP contribution in [0.4, 0.5) is 0 Å². The molecule has 0 saturated carbocycles. The molecule has 0 fully saturated rings. The highest BCUT2D eigenvalue weighted by atomic mass is 15.3. The van der Waals surface area contributed by atoms with Gasteiger partial charge in [0.1, 0.15) is 5.69 Å². The summed E-state index contributed by atoms with van der Waals surface area (Å²) in [6.45, 7) is 8.22. The van der Waals surface area contributed by atoms with Crippen molar-refractivity contribution in [3.63, 3.8) is 0 Å². The van der Waals surface area contributed by atoms with E-state index >= 15 is 0 Å². The minimum absolute atomic E-state index is 0.776. The van der Waals surface area contributed by atoms with E-state index in [1.807, 2.05) is 42.8 Å². The van der Waals surface area contributed by atoms with Gasteiger partial charge in [0.2, 0.25) is 0 Å². The summed E-state index contributed by atoms with van der Waals surface area (Å²) in [4.78, 5) is 12.8. The van der Waals surface area contributed by atoms with Crippen molar-refractivity contribution in [1.29, 1.82) is 0 Å². The largest absolute Gasteiger partial charge is 0.337 e. The zero-order valence-corrected chi connectivity index (χ0v) is 14.3. The van der Waals surface area contributed by atoms with Crippen molar-refractivity contribution in [1.82, 2.24) is 24.7 Å². The second-order valence-corrected chi connectivity index (χ2v) is 6.26. The van der Waals surface area contributed by atoms with Crippen LogP contribution in [0.15, 0.2) is 36.4 Å². The van der Waals surface area contributed by atoms with Crippen molar-refractivity contribution in [3.05, 3.63) is 58.9 Å². The Hall–Kier alpha value is -2.95. The van der Waals surface area contributed by atoms with Gasteiger partial charge in [-0.15, -0.1) is 0 Å². The number of aromatic amines is 1. The first-order valence-corrected chi connectivity index (χ1v) is 7.99. The van der Waals surface area contributed by atoms with Gasteiger partial charge >= 0.3 is 0 Å². The molecule has 24 heavy (non-hydrogen) atoms. The normalized spacial score (nSPS) is 11.3. The van der Waals surface area contributed by atoms with Crippen molar-refractivity contribution in [2.24, 2.45) is 0 Å². The molecule has 0 spiro atoms. The molecular formula is C19H19N5. The molecule has 0 aliphatic carbocycles. The molecule has 4 aromatic rings. The van der Waals surface area contributed by atoms with Crippen LogP contribution < -0.4 is 0 Å². The average Bonchev–Trinajstić information content (AvgIpc) is 3.10. The minimum Gasteiger partial charge on any atom is -0.337 e. The maximum Gasteiger partial charge on any atom is 0.157 e. The highest BCUT2D eigenvalue weighted by Crippen LogP contribution is 2.22. The number of nitrogens with one attached hydrogen (secondary N) is 1. The Bertz CT molecular complexity index is 1020. The zero-order chi connectivity index (χ0) is 16.8. The van der Waals surface area contributed by atoms with E-state index in [4.69, 9.17) is 9.97 Å². The topological polar surface area (TPSA) is 59.4 Å². The lowest BCUT2D eigenvalue weighted by molar-refractivity contribution is 0.806. The number of imidazole rings is 1. The van der Waals surface area contributed by atoms with Crippen LogP contribution in [0.3, 0.4) is 0 Å². The Kier molecular flexibility index (Phi) is 3.23. The van der Waals surface area contributed by atoms with E-state index < -0.39 is 0 Å². The molecule has 0 radical (unpaired) electrons. The van der Waals surface area contributed by atoms with Crippen LogP contribution >= 0.6 is 0 Å². The summed E-state index contributed by atoms with van der Waals surface area (Å²) in [6, 6.07) is 12.2. The number of aryl methyl sites for hydroxylation is 4. The molecule has 3 aromatic heterocycles. The Morgan fingerprint density at radius 2 is 1.71 bits per heavy atom. The van der Waals surface area contributed by atoms with Gasteiger partial charge < -0.3 is 4.98 Å². The highest BCUT2D eigenvalue weighted by molar-refractivity contribution is 5.80. The van der Waals surface area contributed by atoms with Crippen LogP contribution in [0.5, 0.6) is 0 Å². The minimum atomic E-state index is 0.776. The molecule has 0 aliphatic heterocycles. The zero-order valence-electron chi connectivity index (χ0n) is 14.3. The van der Waals surface area contributed by atoms with E-state index in [1.165, 1.54) is 11.1 Å². The van der Waals surface area contributed by atoms with Crippen LogP contribution in [0.25, 0.3) is 28.4 Å². The van der Waals surface area contributed by atoms with E-state index in [0.717, 1.165) is 39.8 Å². The molecular weight excluding hydrogens is 298 g/mol. The van der Waals surface area contributed by atoms with Gasteiger partial charge in [-0.1, -0.05) is 6.07 Å². The Balaban J connectivity index is 1.82. The number of benzene rings is 1. The van der Waals surface area contributed by atoms with Gasteiger partial charge in [-0.3, -0.25) is 0 Å². The highest BCUT2D eigenvalue weighted by Gasteiger charge is 2.11. The van der Waals surface area contributed by atoms with Gasteiger partial charge in [-0.05, 0) is 69.2 Å². The molecule has 1 N–H and O–H groups in total. The van der Waals surface area contributed by atoms with E-state index in [-0.39, 0.29) is 0 Å². The fraction of sp³-hybridized carbons (Fsp3) is 0.211. The molecule has 3 heterocycles. The summed E-state index contributed by atoms with van der Waals surface area (Å²) in [5.74, 6) is 1.57. The molecule has 0 atom stereocenters. The Morgan fingerprint density at radius 3 is 2.46 bits per heavy atom. The van der Waals surface area contributed by atoms with Crippen LogP contribution in [0.1, 0.15) is 22.5 Å². The molecule has 120 valence electrons. The fourth-order valence-corrected chi connectivity index (χ4v) is 2.92. The number of nitrogens with zero attached hydrogens (tertiary/aromatic N) is 4. The SMILES string of the molecule is Cc1cc(C)n(-c2cccc(-c3nc4cc(C)c(C)cc4[nH]3)n2)n1. The number of pyridine rings is 1. The summed E-state index contributed by atoms with van der Waals surface area (Å²) in [6.07, 6.45) is 0. The number of aromatic nitrogens is 5. The molecule has 1 aromatic carbocycles. The van der Waals surface area contributed by atoms with Crippen LogP contribution in [-0.4, -0.2) is 24.7 Å². The number of hydrogen-bond acceptors (Lipinski definition) is 3. The molecule has 5 nitrogen and oxygen atoms in total. The van der Waals surface area contributed by atoms with E-state index in [9.17, 15) is 0 Å². The molecule has 0 unspecified atom stereocenters. The van der Waals surface area contributed by atoms with Gasteiger partial charge in [0.05, 0.1) is 16.7 Å². The van der Waals surface area contributed by atoms with Crippen LogP contribution in [0, 0.1) is 27.7 Å². The maximum atomic E-state index is 4.73. The number of fused-ring (bicyclic) bond motifs is 1. The molecule has 4 rings (SSSR count). The lowest BCUT2D eigenvalue weighted by Crippen LogP contribution is -2.02. The number of hydrogen-bond donors (Lipinski definition) is 1. The van der Waals surface area contributed by atoms with E-state index in [1.54, 1.807) is 0 Å². The quantitative estimate of drug-likeness (QED) is 0.607. The van der Waals surface area contributed by atoms with E-state index in [2.05, 4.69) is 36.1 Å².